The van der Waals surface area contributed by atoms with E-state index < -0.39 is 5.50 Å². The smallest absolute Gasteiger partial charge is 0.266 e. The van der Waals surface area contributed by atoms with Crippen LogP contribution in [0.4, 0.5) is 0 Å². The largest absolute Gasteiger partial charge is 0.287 e. The van der Waals surface area contributed by atoms with Crippen LogP contribution in [0, 0.1) is 0 Å². The number of carbonyl (C=O) groups is 1. The van der Waals surface area contributed by atoms with Crippen LogP contribution < -0.4 is 0 Å². The lowest BCUT2D eigenvalue weighted by atomic mass is 10.4. The van der Waals surface area contributed by atoms with E-state index in [0.29, 0.717) is 0 Å². The minimum absolute atomic E-state index is 0.345. The van der Waals surface area contributed by atoms with Crippen molar-refractivity contribution >= 4 is 17.5 Å². The normalized spacial score (nSPS) is 26.6. The van der Waals surface area contributed by atoms with Crippen molar-refractivity contribution in [3.8, 4) is 0 Å². The first kappa shape index (κ1) is 5.44. The van der Waals surface area contributed by atoms with Crippen LogP contribution in [0.25, 0.3) is 0 Å². The maximum atomic E-state index is 10.2. The van der Waals surface area contributed by atoms with Gasteiger partial charge in [-0.15, -0.1) is 5.11 Å². The quantitative estimate of drug-likeness (QED) is 0.358. The fourth-order valence-corrected chi connectivity index (χ4v) is 0.462. The van der Waals surface area contributed by atoms with E-state index in [-0.39, 0.29) is 5.91 Å². The second kappa shape index (κ2) is 2.05. The van der Waals surface area contributed by atoms with Crippen molar-refractivity contribution in [1.82, 2.24) is 0 Å². The number of halogens is 1. The molecule has 1 atom stereocenters. The molecule has 1 aliphatic heterocycles. The summed E-state index contributed by atoms with van der Waals surface area (Å²) in [7, 11) is 0. The Kier molecular flexibility index (Phi) is 1.39. The van der Waals surface area contributed by atoms with E-state index in [1.54, 1.807) is 0 Å². The molecule has 0 aromatic heterocycles. The third-order valence-corrected chi connectivity index (χ3v) is 0.897. The molecule has 8 heavy (non-hydrogen) atoms. The molecular weight excluding hydrogens is 128 g/mol. The van der Waals surface area contributed by atoms with Crippen molar-refractivity contribution in [2.75, 3.05) is 0 Å². The van der Waals surface area contributed by atoms with Gasteiger partial charge in [0.25, 0.3) is 5.91 Å². The van der Waals surface area contributed by atoms with Crippen molar-refractivity contribution in [1.29, 1.82) is 0 Å². The highest BCUT2D eigenvalue weighted by Gasteiger charge is 2.02. The number of carbonyl (C=O) groups excluding carboxylic acids is 1. The molecule has 1 amide bonds. The molecule has 1 heterocycles. The van der Waals surface area contributed by atoms with E-state index >= 15 is 0 Å². The standard InChI is InChI=1S/C4H3ClN2O/c5-3-1-2-4(8)7-6-3/h1-3H. The zero-order valence-electron chi connectivity index (χ0n) is 3.91. The first-order chi connectivity index (χ1) is 3.79. The molecule has 0 N–H and O–H groups in total. The van der Waals surface area contributed by atoms with E-state index in [4.69, 9.17) is 11.6 Å². The molecule has 1 aliphatic rings. The van der Waals surface area contributed by atoms with Crippen LogP contribution in [0.1, 0.15) is 0 Å². The second-order valence-electron chi connectivity index (χ2n) is 1.29. The lowest BCUT2D eigenvalue weighted by Crippen LogP contribution is -1.97. The van der Waals surface area contributed by atoms with Gasteiger partial charge in [-0.3, -0.25) is 4.79 Å². The first-order valence-electron chi connectivity index (χ1n) is 2.06. The summed E-state index contributed by atoms with van der Waals surface area (Å²) in [4.78, 5) is 10.2. The van der Waals surface area contributed by atoms with Crippen LogP contribution in [0.2, 0.25) is 0 Å². The molecule has 0 fully saturated rings. The summed E-state index contributed by atoms with van der Waals surface area (Å²) in [5, 5.41) is 6.54. The summed E-state index contributed by atoms with van der Waals surface area (Å²) in [5.74, 6) is -0.345. The second-order valence-corrected chi connectivity index (χ2v) is 1.73. The van der Waals surface area contributed by atoms with Crippen LogP contribution in [0.15, 0.2) is 22.4 Å². The Labute approximate surface area is 51.1 Å². The van der Waals surface area contributed by atoms with Gasteiger partial charge in [-0.2, -0.15) is 5.11 Å². The highest BCUT2D eigenvalue weighted by molar-refractivity contribution is 6.22. The Morgan fingerprint density at radius 1 is 1.75 bits per heavy atom. The van der Waals surface area contributed by atoms with Crippen molar-refractivity contribution in [2.45, 2.75) is 5.50 Å². The average molecular weight is 131 g/mol. The number of alkyl halides is 1. The highest BCUT2D eigenvalue weighted by atomic mass is 35.5. The molecule has 0 saturated carbocycles. The Morgan fingerprint density at radius 2 is 2.50 bits per heavy atom. The van der Waals surface area contributed by atoms with Gasteiger partial charge < -0.3 is 0 Å². The van der Waals surface area contributed by atoms with E-state index in [1.165, 1.54) is 12.2 Å². The molecule has 42 valence electrons. The number of hydrogen-bond acceptors (Lipinski definition) is 2. The van der Waals surface area contributed by atoms with Gasteiger partial charge in [-0.1, -0.05) is 11.6 Å². The highest BCUT2D eigenvalue weighted by Crippen LogP contribution is 2.05. The maximum absolute atomic E-state index is 10.2. The summed E-state index contributed by atoms with van der Waals surface area (Å²) in [5.41, 5.74) is -0.451. The molecule has 1 unspecified atom stereocenters. The Morgan fingerprint density at radius 3 is 2.88 bits per heavy atom. The van der Waals surface area contributed by atoms with Crippen molar-refractivity contribution in [3.63, 3.8) is 0 Å². The minimum Gasteiger partial charge on any atom is -0.266 e. The monoisotopic (exact) mass is 130 g/mol. The fourth-order valence-electron chi connectivity index (χ4n) is 0.346. The van der Waals surface area contributed by atoms with Gasteiger partial charge in [0.15, 0.2) is 5.50 Å². The van der Waals surface area contributed by atoms with Crippen LogP contribution >= 0.6 is 11.6 Å². The summed E-state index contributed by atoms with van der Waals surface area (Å²) in [6.45, 7) is 0. The molecule has 4 heteroatoms. The number of nitrogens with zero attached hydrogens (tertiary/aromatic N) is 2. The van der Waals surface area contributed by atoms with Crippen molar-refractivity contribution in [2.24, 2.45) is 10.2 Å². The van der Waals surface area contributed by atoms with Crippen molar-refractivity contribution in [3.05, 3.63) is 12.2 Å². The molecule has 3 nitrogen and oxygen atoms in total. The van der Waals surface area contributed by atoms with Crippen LogP contribution in [0.5, 0.6) is 0 Å². The van der Waals surface area contributed by atoms with Crippen LogP contribution in [0.3, 0.4) is 0 Å². The molecule has 0 radical (unpaired) electrons. The SMILES string of the molecule is O=C1C=CC(Cl)N=N1. The average Bonchev–Trinajstić information content (AvgIpc) is 1.77. The van der Waals surface area contributed by atoms with Crippen LogP contribution in [-0.4, -0.2) is 11.4 Å². The first-order valence-corrected chi connectivity index (χ1v) is 2.50. The predicted octanol–water partition coefficient (Wildman–Crippen LogP) is 1.10. The van der Waals surface area contributed by atoms with Crippen molar-refractivity contribution < 1.29 is 4.79 Å². The van der Waals surface area contributed by atoms with Gasteiger partial charge in [0, 0.05) is 6.08 Å². The topological polar surface area (TPSA) is 41.8 Å². The molecule has 0 bridgehead atoms. The van der Waals surface area contributed by atoms with Gasteiger partial charge in [0.1, 0.15) is 0 Å². The summed E-state index contributed by atoms with van der Waals surface area (Å²) in [6, 6.07) is 0. The van der Waals surface area contributed by atoms with E-state index in [1.807, 2.05) is 0 Å². The number of azo groups is 1. The lowest BCUT2D eigenvalue weighted by molar-refractivity contribution is -0.114. The molecular formula is C4H3ClN2O. The lowest BCUT2D eigenvalue weighted by Gasteiger charge is -1.95. The summed E-state index contributed by atoms with van der Waals surface area (Å²) >= 11 is 5.38. The molecule has 0 saturated heterocycles. The van der Waals surface area contributed by atoms with E-state index in [0.717, 1.165) is 0 Å². The van der Waals surface area contributed by atoms with Gasteiger partial charge in [-0.05, 0) is 6.08 Å². The molecule has 0 spiro atoms. The Balaban J connectivity index is 2.68. The van der Waals surface area contributed by atoms with E-state index in [2.05, 4.69) is 10.2 Å². The van der Waals surface area contributed by atoms with Crippen LogP contribution in [-0.2, 0) is 4.79 Å². The zero-order chi connectivity index (χ0) is 5.98. The molecule has 1 rings (SSSR count). The summed E-state index contributed by atoms with van der Waals surface area (Å²) in [6.07, 6.45) is 2.78. The van der Waals surface area contributed by atoms with Gasteiger partial charge in [-0.25, -0.2) is 0 Å². The maximum Gasteiger partial charge on any atom is 0.287 e. The number of rotatable bonds is 0. The number of hydrogen-bond donors (Lipinski definition) is 0. The molecule has 0 aromatic carbocycles. The third kappa shape index (κ3) is 1.13. The van der Waals surface area contributed by atoms with Gasteiger partial charge in [0.2, 0.25) is 0 Å². The number of amides is 1. The Hall–Kier alpha value is -0.700. The van der Waals surface area contributed by atoms with Gasteiger partial charge in [0.05, 0.1) is 0 Å². The zero-order valence-corrected chi connectivity index (χ0v) is 4.67. The predicted molar refractivity (Wildman–Crippen MR) is 28.6 cm³/mol. The molecule has 0 aliphatic carbocycles. The third-order valence-electron chi connectivity index (χ3n) is 0.664. The molecule has 0 aromatic rings. The summed E-state index contributed by atoms with van der Waals surface area (Å²) < 4.78 is 0. The van der Waals surface area contributed by atoms with Gasteiger partial charge >= 0.3 is 0 Å². The fraction of sp³-hybridized carbons (Fsp3) is 0.250. The van der Waals surface area contributed by atoms with E-state index in [9.17, 15) is 4.79 Å². The minimum atomic E-state index is -0.451. The Bertz CT molecular complexity index is 147.